The Kier molecular flexibility index (Phi) is 21.3. The van der Waals surface area contributed by atoms with Gasteiger partial charge in [-0.3, -0.25) is 0 Å². The van der Waals surface area contributed by atoms with Crippen molar-refractivity contribution in [2.24, 2.45) is 0 Å². The SMILES string of the molecule is C1CCC1.CCCC.CCCCC. The summed E-state index contributed by atoms with van der Waals surface area (Å²) in [6, 6.07) is 0. The van der Waals surface area contributed by atoms with Gasteiger partial charge in [0, 0.05) is 0 Å². The predicted octanol–water partition coefficient (Wildman–Crippen LogP) is 5.56. The lowest BCUT2D eigenvalue weighted by Crippen LogP contribution is -1.85. The molecule has 0 amide bonds. The molecule has 0 N–H and O–H groups in total. The summed E-state index contributed by atoms with van der Waals surface area (Å²) < 4.78 is 0. The standard InChI is InChI=1S/C5H12.C4H8.C4H10/c1-3-5-4-2;1-2-4-3-1;1-3-4-2/h3-5H2,1-2H3;1-4H2;3-4H2,1-2H3. The fraction of sp³-hybridized carbons (Fsp3) is 1.00. The topological polar surface area (TPSA) is 0 Å². The molecule has 1 saturated carbocycles. The van der Waals surface area contributed by atoms with Gasteiger partial charge in [-0.1, -0.05) is 85.5 Å². The molecule has 0 bridgehead atoms. The van der Waals surface area contributed by atoms with Gasteiger partial charge in [0.05, 0.1) is 0 Å². The average molecular weight is 186 g/mol. The van der Waals surface area contributed by atoms with Gasteiger partial charge in [0.15, 0.2) is 0 Å². The molecule has 82 valence electrons. The highest BCUT2D eigenvalue weighted by Gasteiger charge is 1.95. The third kappa shape index (κ3) is 24.5. The van der Waals surface area contributed by atoms with Crippen LogP contribution in [0.5, 0.6) is 0 Å². The Morgan fingerprint density at radius 2 is 0.846 bits per heavy atom. The van der Waals surface area contributed by atoms with Gasteiger partial charge in [0.25, 0.3) is 0 Å². The van der Waals surface area contributed by atoms with E-state index >= 15 is 0 Å². The molecule has 0 aliphatic heterocycles. The molecular formula is C13H30. The summed E-state index contributed by atoms with van der Waals surface area (Å²) in [6.07, 6.45) is 12.7. The highest BCUT2D eigenvalue weighted by Crippen LogP contribution is 2.15. The first-order valence-corrected chi connectivity index (χ1v) is 6.33. The minimum absolute atomic E-state index is 1.32. The van der Waals surface area contributed by atoms with Crippen LogP contribution in [0.15, 0.2) is 0 Å². The first-order valence-electron chi connectivity index (χ1n) is 6.33. The Morgan fingerprint density at radius 3 is 0.846 bits per heavy atom. The van der Waals surface area contributed by atoms with E-state index in [1.54, 1.807) is 0 Å². The second-order valence-corrected chi connectivity index (χ2v) is 3.77. The molecule has 0 aromatic heterocycles. The van der Waals surface area contributed by atoms with E-state index in [2.05, 4.69) is 27.7 Å². The summed E-state index contributed by atoms with van der Waals surface area (Å²) in [5.41, 5.74) is 0. The lowest BCUT2D eigenvalue weighted by molar-refractivity contribution is 0.504. The molecule has 1 aliphatic rings. The molecule has 0 aromatic rings. The smallest absolute Gasteiger partial charge is 0.0533 e. The van der Waals surface area contributed by atoms with Crippen LogP contribution in [0.1, 0.15) is 85.5 Å². The van der Waals surface area contributed by atoms with Crippen molar-refractivity contribution in [3.63, 3.8) is 0 Å². The number of hydrogen-bond acceptors (Lipinski definition) is 0. The first kappa shape index (κ1) is 15.5. The lowest BCUT2D eigenvalue weighted by atomic mass is 10.0. The van der Waals surface area contributed by atoms with E-state index in [-0.39, 0.29) is 0 Å². The van der Waals surface area contributed by atoms with E-state index in [4.69, 9.17) is 0 Å². The normalized spacial score (nSPS) is 12.9. The largest absolute Gasteiger partial charge is 0.0654 e. The molecular weight excluding hydrogens is 156 g/mol. The summed E-state index contributed by atoms with van der Waals surface area (Å²) in [7, 11) is 0. The zero-order valence-corrected chi connectivity index (χ0v) is 10.4. The maximum absolute atomic E-state index is 2.21. The van der Waals surface area contributed by atoms with Gasteiger partial charge in [0.1, 0.15) is 0 Å². The molecule has 0 unspecified atom stereocenters. The van der Waals surface area contributed by atoms with E-state index in [9.17, 15) is 0 Å². The molecule has 0 heterocycles. The van der Waals surface area contributed by atoms with Crippen LogP contribution in [0.25, 0.3) is 0 Å². The highest BCUT2D eigenvalue weighted by atomic mass is 14.0. The van der Waals surface area contributed by atoms with Crippen LogP contribution >= 0.6 is 0 Å². The Labute approximate surface area is 86.1 Å². The summed E-state index contributed by atoms with van der Waals surface area (Å²) in [6.45, 7) is 8.78. The maximum Gasteiger partial charge on any atom is -0.0533 e. The number of rotatable bonds is 3. The zero-order valence-electron chi connectivity index (χ0n) is 10.4. The molecule has 0 atom stereocenters. The second-order valence-electron chi connectivity index (χ2n) is 3.77. The minimum atomic E-state index is 1.32. The van der Waals surface area contributed by atoms with Crippen LogP contribution < -0.4 is 0 Å². The van der Waals surface area contributed by atoms with Gasteiger partial charge in [-0.05, 0) is 0 Å². The van der Waals surface area contributed by atoms with Crippen LogP contribution in [0.2, 0.25) is 0 Å². The van der Waals surface area contributed by atoms with Gasteiger partial charge in [-0.25, -0.2) is 0 Å². The van der Waals surface area contributed by atoms with Crippen molar-refractivity contribution in [2.75, 3.05) is 0 Å². The van der Waals surface area contributed by atoms with Crippen LogP contribution in [-0.4, -0.2) is 0 Å². The third-order valence-electron chi connectivity index (χ3n) is 2.21. The van der Waals surface area contributed by atoms with Crippen molar-refractivity contribution >= 4 is 0 Å². The number of unbranched alkanes of at least 4 members (excludes halogenated alkanes) is 3. The van der Waals surface area contributed by atoms with Gasteiger partial charge in [0.2, 0.25) is 0 Å². The van der Waals surface area contributed by atoms with Crippen LogP contribution in [-0.2, 0) is 0 Å². The quantitative estimate of drug-likeness (QED) is 0.541. The fourth-order valence-electron chi connectivity index (χ4n) is 0.604. The molecule has 0 heteroatoms. The summed E-state index contributed by atoms with van der Waals surface area (Å²) in [5.74, 6) is 0. The summed E-state index contributed by atoms with van der Waals surface area (Å²) in [4.78, 5) is 0. The molecule has 1 fully saturated rings. The van der Waals surface area contributed by atoms with E-state index in [0.29, 0.717) is 0 Å². The van der Waals surface area contributed by atoms with Gasteiger partial charge >= 0.3 is 0 Å². The molecule has 0 saturated heterocycles. The third-order valence-corrected chi connectivity index (χ3v) is 2.21. The van der Waals surface area contributed by atoms with Crippen molar-refractivity contribution in [3.8, 4) is 0 Å². The van der Waals surface area contributed by atoms with Gasteiger partial charge in [-0.2, -0.15) is 0 Å². The summed E-state index contributed by atoms with van der Waals surface area (Å²) in [5, 5.41) is 0. The summed E-state index contributed by atoms with van der Waals surface area (Å²) >= 11 is 0. The lowest BCUT2D eigenvalue weighted by Gasteiger charge is -2.05. The van der Waals surface area contributed by atoms with Crippen LogP contribution in [0.4, 0.5) is 0 Å². The van der Waals surface area contributed by atoms with E-state index in [0.717, 1.165) is 0 Å². The van der Waals surface area contributed by atoms with Crippen molar-refractivity contribution in [2.45, 2.75) is 85.5 Å². The van der Waals surface area contributed by atoms with Crippen molar-refractivity contribution < 1.29 is 0 Å². The molecule has 13 heavy (non-hydrogen) atoms. The van der Waals surface area contributed by atoms with Crippen LogP contribution in [0, 0.1) is 0 Å². The van der Waals surface area contributed by atoms with E-state index in [1.807, 2.05) is 0 Å². The van der Waals surface area contributed by atoms with E-state index in [1.165, 1.54) is 57.8 Å². The zero-order chi connectivity index (χ0) is 10.4. The average Bonchev–Trinajstić information content (AvgIpc) is 2.03. The first-order chi connectivity index (χ1) is 6.33. The maximum atomic E-state index is 2.21. The molecule has 0 aromatic carbocycles. The molecule has 1 rings (SSSR count). The monoisotopic (exact) mass is 186 g/mol. The van der Waals surface area contributed by atoms with Crippen molar-refractivity contribution in [1.82, 2.24) is 0 Å². The predicted molar refractivity (Wildman–Crippen MR) is 64.2 cm³/mol. The minimum Gasteiger partial charge on any atom is -0.0654 e. The molecule has 1 aliphatic carbocycles. The van der Waals surface area contributed by atoms with Gasteiger partial charge < -0.3 is 0 Å². The fourth-order valence-corrected chi connectivity index (χ4v) is 0.604. The van der Waals surface area contributed by atoms with E-state index < -0.39 is 0 Å². The van der Waals surface area contributed by atoms with Crippen LogP contribution in [0.3, 0.4) is 0 Å². The highest BCUT2D eigenvalue weighted by molar-refractivity contribution is 4.50. The molecule has 0 nitrogen and oxygen atoms in total. The Morgan fingerprint density at radius 1 is 0.538 bits per heavy atom. The Hall–Kier alpha value is 0. The van der Waals surface area contributed by atoms with Gasteiger partial charge in [-0.15, -0.1) is 0 Å². The number of hydrogen-bond donors (Lipinski definition) is 0. The second kappa shape index (κ2) is 17.9. The molecule has 0 radical (unpaired) electrons. The Bertz CT molecular complexity index is 45.1. The Balaban J connectivity index is 0. The molecule has 0 spiro atoms. The van der Waals surface area contributed by atoms with Crippen molar-refractivity contribution in [1.29, 1.82) is 0 Å². The van der Waals surface area contributed by atoms with Crippen molar-refractivity contribution in [3.05, 3.63) is 0 Å².